The Labute approximate surface area is 156 Å². The van der Waals surface area contributed by atoms with Crippen molar-refractivity contribution >= 4 is 16.7 Å². The second-order valence-electron chi connectivity index (χ2n) is 7.34. The van der Waals surface area contributed by atoms with Crippen LogP contribution in [0.5, 0.6) is 0 Å². The van der Waals surface area contributed by atoms with Gasteiger partial charge in [-0.3, -0.25) is 14.6 Å². The van der Waals surface area contributed by atoms with Crippen LogP contribution in [-0.2, 0) is 0 Å². The van der Waals surface area contributed by atoms with Gasteiger partial charge in [0.05, 0.1) is 23.3 Å². The standard InChI is InChI=1S/C20H23N5O2/c1-13-6-5-9-24(12-13)20-22-17(10-18(26)23-20)14(2)25-19(27)16-8-4-3-7-15(16)11-21-25/h3-4,7-8,10-11,13-14H,5-6,9,12H2,1-2H3,(H,22,23,26)/t13-,14-/m1/s1. The molecule has 3 heterocycles. The first-order valence-electron chi connectivity index (χ1n) is 9.35. The van der Waals surface area contributed by atoms with E-state index in [9.17, 15) is 9.59 Å². The van der Waals surface area contributed by atoms with Gasteiger partial charge < -0.3 is 4.90 Å². The van der Waals surface area contributed by atoms with E-state index in [2.05, 4.69) is 26.9 Å². The van der Waals surface area contributed by atoms with Crippen LogP contribution < -0.4 is 16.0 Å². The van der Waals surface area contributed by atoms with E-state index >= 15 is 0 Å². The fraction of sp³-hybridized carbons (Fsp3) is 0.400. The molecule has 1 N–H and O–H groups in total. The molecule has 4 rings (SSSR count). The Balaban J connectivity index is 1.74. The Morgan fingerprint density at radius 2 is 2.07 bits per heavy atom. The maximum absolute atomic E-state index is 12.8. The fourth-order valence-corrected chi connectivity index (χ4v) is 3.71. The summed E-state index contributed by atoms with van der Waals surface area (Å²) in [5, 5.41) is 5.71. The van der Waals surface area contributed by atoms with Gasteiger partial charge in [-0.2, -0.15) is 5.10 Å². The van der Waals surface area contributed by atoms with E-state index in [0.29, 0.717) is 22.9 Å². The van der Waals surface area contributed by atoms with Crippen molar-refractivity contribution in [1.82, 2.24) is 19.7 Å². The molecule has 1 aliphatic heterocycles. The van der Waals surface area contributed by atoms with Crippen molar-refractivity contribution in [2.45, 2.75) is 32.7 Å². The van der Waals surface area contributed by atoms with Crippen LogP contribution in [0.1, 0.15) is 38.4 Å². The number of benzene rings is 1. The largest absolute Gasteiger partial charge is 0.342 e. The lowest BCUT2D eigenvalue weighted by Crippen LogP contribution is -2.37. The number of rotatable bonds is 3. The number of nitrogens with one attached hydrogen (secondary N) is 1. The van der Waals surface area contributed by atoms with Gasteiger partial charge in [0.25, 0.3) is 11.1 Å². The number of hydrogen-bond acceptors (Lipinski definition) is 5. The number of H-pyrrole nitrogens is 1. The Morgan fingerprint density at radius 3 is 2.89 bits per heavy atom. The van der Waals surface area contributed by atoms with Crippen LogP contribution in [0.4, 0.5) is 5.95 Å². The molecule has 2 atom stereocenters. The van der Waals surface area contributed by atoms with Gasteiger partial charge in [-0.25, -0.2) is 9.67 Å². The van der Waals surface area contributed by atoms with Gasteiger partial charge >= 0.3 is 0 Å². The molecule has 7 nitrogen and oxygen atoms in total. The minimum Gasteiger partial charge on any atom is -0.342 e. The molecule has 0 aliphatic carbocycles. The highest BCUT2D eigenvalue weighted by atomic mass is 16.1. The van der Waals surface area contributed by atoms with Crippen LogP contribution in [0.3, 0.4) is 0 Å². The number of hydrogen-bond donors (Lipinski definition) is 1. The predicted octanol–water partition coefficient (Wildman–Crippen LogP) is 2.33. The smallest absolute Gasteiger partial charge is 0.275 e. The molecule has 3 aromatic rings. The summed E-state index contributed by atoms with van der Waals surface area (Å²) in [6, 6.07) is 8.37. The van der Waals surface area contributed by atoms with Gasteiger partial charge in [0, 0.05) is 24.5 Å². The van der Waals surface area contributed by atoms with Gasteiger partial charge in [-0.1, -0.05) is 25.1 Å². The quantitative estimate of drug-likeness (QED) is 0.770. The van der Waals surface area contributed by atoms with Crippen LogP contribution in [0.15, 0.2) is 46.1 Å². The Kier molecular flexibility index (Phi) is 4.51. The van der Waals surface area contributed by atoms with Crippen LogP contribution in [0.2, 0.25) is 0 Å². The van der Waals surface area contributed by atoms with Crippen molar-refractivity contribution in [3.8, 4) is 0 Å². The van der Waals surface area contributed by atoms with Crippen LogP contribution in [0, 0.1) is 5.92 Å². The third kappa shape index (κ3) is 3.37. The Morgan fingerprint density at radius 1 is 1.26 bits per heavy atom. The second-order valence-corrected chi connectivity index (χ2v) is 7.34. The van der Waals surface area contributed by atoms with E-state index in [-0.39, 0.29) is 11.1 Å². The van der Waals surface area contributed by atoms with Crippen molar-refractivity contribution < 1.29 is 0 Å². The van der Waals surface area contributed by atoms with Crippen molar-refractivity contribution in [3.63, 3.8) is 0 Å². The molecule has 0 radical (unpaired) electrons. The number of fused-ring (bicyclic) bond motifs is 1. The summed E-state index contributed by atoms with van der Waals surface area (Å²) in [4.78, 5) is 34.7. The zero-order valence-corrected chi connectivity index (χ0v) is 15.6. The normalized spacial score (nSPS) is 18.6. The lowest BCUT2D eigenvalue weighted by Gasteiger charge is -2.31. The summed E-state index contributed by atoms with van der Waals surface area (Å²) in [6.07, 6.45) is 3.94. The number of aromatic amines is 1. The van der Waals surface area contributed by atoms with E-state index in [0.717, 1.165) is 24.9 Å². The lowest BCUT2D eigenvalue weighted by molar-refractivity contribution is 0.440. The zero-order chi connectivity index (χ0) is 19.0. The molecule has 1 aliphatic rings. The SMILES string of the molecule is C[C@@H]1CCCN(c2nc([C@@H](C)n3ncc4ccccc4c3=O)cc(=O)[nH]2)C1. The molecular formula is C20H23N5O2. The van der Waals surface area contributed by atoms with Crippen molar-refractivity contribution in [1.29, 1.82) is 0 Å². The molecule has 1 saturated heterocycles. The molecule has 1 fully saturated rings. The highest BCUT2D eigenvalue weighted by Crippen LogP contribution is 2.21. The molecule has 140 valence electrons. The average Bonchev–Trinajstić information content (AvgIpc) is 2.67. The van der Waals surface area contributed by atoms with Crippen molar-refractivity contribution in [2.75, 3.05) is 18.0 Å². The van der Waals surface area contributed by atoms with Gasteiger partial charge in [-0.15, -0.1) is 0 Å². The second kappa shape index (κ2) is 6.98. The van der Waals surface area contributed by atoms with E-state index in [1.807, 2.05) is 25.1 Å². The fourth-order valence-electron chi connectivity index (χ4n) is 3.71. The van der Waals surface area contributed by atoms with Crippen molar-refractivity contribution in [3.05, 3.63) is 62.9 Å². The third-order valence-electron chi connectivity index (χ3n) is 5.22. The Bertz CT molecular complexity index is 1090. The maximum Gasteiger partial charge on any atom is 0.275 e. The zero-order valence-electron chi connectivity index (χ0n) is 15.6. The predicted molar refractivity (Wildman–Crippen MR) is 105 cm³/mol. The molecule has 0 unspecified atom stereocenters. The summed E-state index contributed by atoms with van der Waals surface area (Å²) in [5.74, 6) is 1.14. The van der Waals surface area contributed by atoms with E-state index in [4.69, 9.17) is 0 Å². The molecule has 0 bridgehead atoms. The van der Waals surface area contributed by atoms with E-state index < -0.39 is 6.04 Å². The van der Waals surface area contributed by atoms with Crippen LogP contribution in [0.25, 0.3) is 10.8 Å². The summed E-state index contributed by atoms with van der Waals surface area (Å²) in [6.45, 7) is 5.79. The number of piperidine rings is 1. The van der Waals surface area contributed by atoms with Crippen LogP contribution >= 0.6 is 0 Å². The maximum atomic E-state index is 12.8. The minimum atomic E-state index is -0.439. The summed E-state index contributed by atoms with van der Waals surface area (Å²) in [5.41, 5.74) is 0.140. The monoisotopic (exact) mass is 365 g/mol. The molecule has 0 saturated carbocycles. The van der Waals surface area contributed by atoms with E-state index in [1.54, 1.807) is 12.3 Å². The summed E-state index contributed by atoms with van der Waals surface area (Å²) in [7, 11) is 0. The summed E-state index contributed by atoms with van der Waals surface area (Å²) < 4.78 is 1.40. The number of aromatic nitrogens is 4. The first kappa shape index (κ1) is 17.5. The van der Waals surface area contributed by atoms with Crippen molar-refractivity contribution in [2.24, 2.45) is 5.92 Å². The molecule has 0 spiro atoms. The molecule has 0 amide bonds. The lowest BCUT2D eigenvalue weighted by atomic mass is 10.0. The van der Waals surface area contributed by atoms with Gasteiger partial charge in [-0.05, 0) is 31.7 Å². The summed E-state index contributed by atoms with van der Waals surface area (Å²) >= 11 is 0. The first-order valence-corrected chi connectivity index (χ1v) is 9.35. The van der Waals surface area contributed by atoms with E-state index in [1.165, 1.54) is 17.2 Å². The number of nitrogens with zero attached hydrogens (tertiary/aromatic N) is 4. The molecule has 1 aromatic carbocycles. The van der Waals surface area contributed by atoms with Gasteiger partial charge in [0.1, 0.15) is 0 Å². The molecule has 7 heteroatoms. The molecule has 2 aromatic heterocycles. The average molecular weight is 365 g/mol. The van der Waals surface area contributed by atoms with Gasteiger partial charge in [0.15, 0.2) is 0 Å². The topological polar surface area (TPSA) is 83.9 Å². The first-order chi connectivity index (χ1) is 13.0. The highest BCUT2D eigenvalue weighted by molar-refractivity contribution is 5.80. The molecule has 27 heavy (non-hydrogen) atoms. The highest BCUT2D eigenvalue weighted by Gasteiger charge is 2.21. The van der Waals surface area contributed by atoms with Gasteiger partial charge in [0.2, 0.25) is 5.95 Å². The minimum absolute atomic E-state index is 0.184. The third-order valence-corrected chi connectivity index (χ3v) is 5.22. The number of anilines is 1. The van der Waals surface area contributed by atoms with Crippen LogP contribution in [-0.4, -0.2) is 32.8 Å². The molecular weight excluding hydrogens is 342 g/mol. The Hall–Kier alpha value is -2.96.